The van der Waals surface area contributed by atoms with E-state index in [0.29, 0.717) is 5.56 Å². The van der Waals surface area contributed by atoms with Gasteiger partial charge in [0.15, 0.2) is 11.6 Å². The Morgan fingerprint density at radius 3 is 2.29 bits per heavy atom. The first-order valence-electron chi connectivity index (χ1n) is 7.34. The van der Waals surface area contributed by atoms with Crippen molar-refractivity contribution in [2.75, 3.05) is 5.32 Å². The summed E-state index contributed by atoms with van der Waals surface area (Å²) in [7, 11) is 0. The number of carbonyl (C=O) groups is 1. The predicted molar refractivity (Wildman–Crippen MR) is 87.3 cm³/mol. The number of halogens is 2. The van der Waals surface area contributed by atoms with E-state index < -0.39 is 17.5 Å². The molecule has 1 amide bonds. The number of anilines is 1. The molecule has 0 spiro atoms. The lowest BCUT2D eigenvalue weighted by atomic mass is 10.2. The SMILES string of the molecule is Cc1cc(C)n(-c2ccc(C(=O)Nc3ccc(F)c(F)c3)cc2)n1. The topological polar surface area (TPSA) is 46.9 Å². The van der Waals surface area contributed by atoms with Crippen molar-refractivity contribution in [1.82, 2.24) is 9.78 Å². The molecule has 0 aliphatic carbocycles. The van der Waals surface area contributed by atoms with E-state index in [9.17, 15) is 13.6 Å². The fourth-order valence-electron chi connectivity index (χ4n) is 2.42. The molecule has 0 saturated heterocycles. The van der Waals surface area contributed by atoms with Crippen molar-refractivity contribution >= 4 is 11.6 Å². The fraction of sp³-hybridized carbons (Fsp3) is 0.111. The molecule has 2 aromatic carbocycles. The van der Waals surface area contributed by atoms with Gasteiger partial charge in [0.05, 0.1) is 11.4 Å². The third-order valence-corrected chi connectivity index (χ3v) is 3.56. The van der Waals surface area contributed by atoms with E-state index in [2.05, 4.69) is 10.4 Å². The van der Waals surface area contributed by atoms with Gasteiger partial charge in [-0.2, -0.15) is 5.10 Å². The van der Waals surface area contributed by atoms with Crippen LogP contribution in [0.2, 0.25) is 0 Å². The summed E-state index contributed by atoms with van der Waals surface area (Å²) in [6.07, 6.45) is 0. The Morgan fingerprint density at radius 1 is 1.00 bits per heavy atom. The van der Waals surface area contributed by atoms with Crippen molar-refractivity contribution in [3.05, 3.63) is 77.1 Å². The van der Waals surface area contributed by atoms with Gasteiger partial charge >= 0.3 is 0 Å². The predicted octanol–water partition coefficient (Wildman–Crippen LogP) is 4.02. The first-order chi connectivity index (χ1) is 11.4. The molecule has 0 atom stereocenters. The van der Waals surface area contributed by atoms with Crippen molar-refractivity contribution in [2.45, 2.75) is 13.8 Å². The van der Waals surface area contributed by atoms with Crippen molar-refractivity contribution in [3.8, 4) is 5.69 Å². The molecule has 1 aromatic heterocycles. The van der Waals surface area contributed by atoms with Crippen molar-refractivity contribution in [3.63, 3.8) is 0 Å². The van der Waals surface area contributed by atoms with Crippen LogP contribution in [0.3, 0.4) is 0 Å². The van der Waals surface area contributed by atoms with Crippen LogP contribution in [0, 0.1) is 25.5 Å². The zero-order valence-corrected chi connectivity index (χ0v) is 13.2. The summed E-state index contributed by atoms with van der Waals surface area (Å²) in [5.74, 6) is -2.36. The Balaban J connectivity index is 1.78. The molecule has 122 valence electrons. The molecule has 3 aromatic rings. The van der Waals surface area contributed by atoms with Gasteiger partial charge in [0.1, 0.15) is 0 Å². The first-order valence-corrected chi connectivity index (χ1v) is 7.34. The highest BCUT2D eigenvalue weighted by Gasteiger charge is 2.10. The Hall–Kier alpha value is -3.02. The van der Waals surface area contributed by atoms with Gasteiger partial charge in [0.25, 0.3) is 5.91 Å². The number of amides is 1. The first kappa shape index (κ1) is 15.9. The zero-order valence-electron chi connectivity index (χ0n) is 13.2. The summed E-state index contributed by atoms with van der Waals surface area (Å²) in [6, 6.07) is 12.0. The van der Waals surface area contributed by atoms with Crippen LogP contribution in [-0.4, -0.2) is 15.7 Å². The van der Waals surface area contributed by atoms with E-state index in [1.165, 1.54) is 6.07 Å². The number of nitrogens with one attached hydrogen (secondary N) is 1. The number of hydrogen-bond acceptors (Lipinski definition) is 2. The maximum Gasteiger partial charge on any atom is 0.255 e. The largest absolute Gasteiger partial charge is 0.322 e. The average Bonchev–Trinajstić information content (AvgIpc) is 2.89. The van der Waals surface area contributed by atoms with Gasteiger partial charge in [0.2, 0.25) is 0 Å². The molecule has 6 heteroatoms. The number of hydrogen-bond donors (Lipinski definition) is 1. The second-order valence-corrected chi connectivity index (χ2v) is 5.47. The molecule has 1 N–H and O–H groups in total. The van der Waals surface area contributed by atoms with E-state index in [1.54, 1.807) is 28.9 Å². The van der Waals surface area contributed by atoms with Gasteiger partial charge in [-0.05, 0) is 56.3 Å². The van der Waals surface area contributed by atoms with E-state index in [0.717, 1.165) is 29.2 Å². The normalized spacial score (nSPS) is 10.7. The van der Waals surface area contributed by atoms with Crippen LogP contribution < -0.4 is 5.32 Å². The molecule has 0 unspecified atom stereocenters. The van der Waals surface area contributed by atoms with Crippen molar-refractivity contribution in [1.29, 1.82) is 0 Å². The van der Waals surface area contributed by atoms with Crippen LogP contribution in [0.15, 0.2) is 48.5 Å². The number of nitrogens with zero attached hydrogens (tertiary/aromatic N) is 2. The Morgan fingerprint density at radius 2 is 1.71 bits per heavy atom. The number of benzene rings is 2. The Labute approximate surface area is 137 Å². The highest BCUT2D eigenvalue weighted by molar-refractivity contribution is 6.04. The Kier molecular flexibility index (Phi) is 4.12. The minimum Gasteiger partial charge on any atom is -0.322 e. The molecule has 0 saturated carbocycles. The van der Waals surface area contributed by atoms with Gasteiger partial charge in [-0.3, -0.25) is 4.79 Å². The molecule has 0 aliphatic heterocycles. The highest BCUT2D eigenvalue weighted by Crippen LogP contribution is 2.16. The lowest BCUT2D eigenvalue weighted by Gasteiger charge is -2.08. The minimum absolute atomic E-state index is 0.196. The van der Waals surface area contributed by atoms with Gasteiger partial charge in [-0.15, -0.1) is 0 Å². The molecule has 0 aliphatic rings. The molecule has 0 fully saturated rings. The standard InChI is InChI=1S/C18H15F2N3O/c1-11-9-12(2)23(22-11)15-6-3-13(4-7-15)18(24)21-14-5-8-16(19)17(20)10-14/h3-10H,1-2H3,(H,21,24). The quantitative estimate of drug-likeness (QED) is 0.790. The molecule has 3 rings (SSSR count). The van der Waals surface area contributed by atoms with Crippen molar-refractivity contribution in [2.24, 2.45) is 0 Å². The molecule has 24 heavy (non-hydrogen) atoms. The second-order valence-electron chi connectivity index (χ2n) is 5.47. The number of aryl methyl sites for hydroxylation is 2. The monoisotopic (exact) mass is 327 g/mol. The van der Waals surface area contributed by atoms with E-state index in [1.807, 2.05) is 19.9 Å². The number of aromatic nitrogens is 2. The number of rotatable bonds is 3. The van der Waals surface area contributed by atoms with Gasteiger partial charge < -0.3 is 5.32 Å². The third-order valence-electron chi connectivity index (χ3n) is 3.56. The lowest BCUT2D eigenvalue weighted by molar-refractivity contribution is 0.102. The van der Waals surface area contributed by atoms with E-state index >= 15 is 0 Å². The summed E-state index contributed by atoms with van der Waals surface area (Å²) < 4.78 is 27.9. The van der Waals surface area contributed by atoms with Crippen LogP contribution in [-0.2, 0) is 0 Å². The maximum absolute atomic E-state index is 13.2. The van der Waals surface area contributed by atoms with E-state index in [4.69, 9.17) is 0 Å². The van der Waals surface area contributed by atoms with Gasteiger partial charge in [0, 0.05) is 23.0 Å². The molecule has 0 bridgehead atoms. The maximum atomic E-state index is 13.2. The molecule has 0 radical (unpaired) electrons. The highest BCUT2D eigenvalue weighted by atomic mass is 19.2. The number of carbonyl (C=O) groups excluding carboxylic acids is 1. The van der Waals surface area contributed by atoms with Crippen molar-refractivity contribution < 1.29 is 13.6 Å². The summed E-state index contributed by atoms with van der Waals surface area (Å²) in [5.41, 5.74) is 3.34. The second kappa shape index (κ2) is 6.23. The van der Waals surface area contributed by atoms with E-state index in [-0.39, 0.29) is 5.69 Å². The fourth-order valence-corrected chi connectivity index (χ4v) is 2.42. The van der Waals surface area contributed by atoms with Crippen LogP contribution in [0.4, 0.5) is 14.5 Å². The minimum atomic E-state index is -1.01. The Bertz CT molecular complexity index is 901. The van der Waals surface area contributed by atoms with Crippen LogP contribution >= 0.6 is 0 Å². The summed E-state index contributed by atoms with van der Waals surface area (Å²) in [4.78, 5) is 12.2. The van der Waals surface area contributed by atoms with Gasteiger partial charge in [-0.1, -0.05) is 0 Å². The summed E-state index contributed by atoms with van der Waals surface area (Å²) in [6.45, 7) is 3.86. The summed E-state index contributed by atoms with van der Waals surface area (Å²) in [5, 5.41) is 6.91. The van der Waals surface area contributed by atoms with Crippen LogP contribution in [0.5, 0.6) is 0 Å². The van der Waals surface area contributed by atoms with Crippen LogP contribution in [0.25, 0.3) is 5.69 Å². The molecular formula is C18H15F2N3O. The summed E-state index contributed by atoms with van der Waals surface area (Å²) >= 11 is 0. The third kappa shape index (κ3) is 3.17. The van der Waals surface area contributed by atoms with Gasteiger partial charge in [-0.25, -0.2) is 13.5 Å². The molecular weight excluding hydrogens is 312 g/mol. The average molecular weight is 327 g/mol. The van der Waals surface area contributed by atoms with Crippen LogP contribution in [0.1, 0.15) is 21.7 Å². The molecule has 1 heterocycles. The lowest BCUT2D eigenvalue weighted by Crippen LogP contribution is -2.12. The zero-order chi connectivity index (χ0) is 17.3. The smallest absolute Gasteiger partial charge is 0.255 e. The molecule has 4 nitrogen and oxygen atoms in total.